The van der Waals surface area contributed by atoms with Crippen LogP contribution in [0.5, 0.6) is 0 Å². The van der Waals surface area contributed by atoms with Gasteiger partial charge in [0.15, 0.2) is 5.16 Å². The molecule has 1 amide bonds. The molecule has 0 radical (unpaired) electrons. The number of benzene rings is 1. The van der Waals surface area contributed by atoms with E-state index < -0.39 is 0 Å². The molecule has 0 spiro atoms. The SMILES string of the molecule is Cc1ccc(CNNC(=O)CSc2nc3ccccc3[nH]2)s1. The van der Waals surface area contributed by atoms with Crippen molar-refractivity contribution in [1.82, 2.24) is 20.8 Å². The lowest BCUT2D eigenvalue weighted by Crippen LogP contribution is -2.37. The number of fused-ring (bicyclic) bond motifs is 1. The lowest BCUT2D eigenvalue weighted by atomic mass is 10.3. The first-order chi connectivity index (χ1) is 10.7. The van der Waals surface area contributed by atoms with Crippen molar-refractivity contribution in [2.24, 2.45) is 0 Å². The normalized spacial score (nSPS) is 11.0. The van der Waals surface area contributed by atoms with Crippen LogP contribution in [0.2, 0.25) is 0 Å². The van der Waals surface area contributed by atoms with Crippen LogP contribution in [0, 0.1) is 6.92 Å². The number of carbonyl (C=O) groups excluding carboxylic acids is 1. The van der Waals surface area contributed by atoms with E-state index in [-0.39, 0.29) is 5.91 Å². The predicted octanol–water partition coefficient (Wildman–Crippen LogP) is 2.85. The molecule has 3 N–H and O–H groups in total. The maximum absolute atomic E-state index is 11.8. The number of amides is 1. The number of rotatable bonds is 6. The molecule has 0 unspecified atom stereocenters. The summed E-state index contributed by atoms with van der Waals surface area (Å²) in [5.41, 5.74) is 7.54. The Bertz CT molecular complexity index is 748. The molecule has 2 heterocycles. The molecular formula is C15H16N4OS2. The van der Waals surface area contributed by atoms with E-state index in [4.69, 9.17) is 0 Å². The first-order valence-electron chi connectivity index (χ1n) is 6.85. The Labute approximate surface area is 136 Å². The first-order valence-corrected chi connectivity index (χ1v) is 8.65. The van der Waals surface area contributed by atoms with E-state index in [0.717, 1.165) is 16.2 Å². The number of hydrogen-bond acceptors (Lipinski definition) is 5. The second-order valence-corrected chi connectivity index (χ2v) is 7.10. The van der Waals surface area contributed by atoms with Gasteiger partial charge in [-0.2, -0.15) is 0 Å². The average Bonchev–Trinajstić information content (AvgIpc) is 3.11. The highest BCUT2D eigenvalue weighted by atomic mass is 32.2. The number of aromatic nitrogens is 2. The van der Waals surface area contributed by atoms with Crippen LogP contribution in [0.1, 0.15) is 9.75 Å². The molecule has 5 nitrogen and oxygen atoms in total. The molecule has 0 fully saturated rings. The van der Waals surface area contributed by atoms with Crippen LogP contribution in [0.3, 0.4) is 0 Å². The van der Waals surface area contributed by atoms with Crippen molar-refractivity contribution in [3.05, 3.63) is 46.2 Å². The number of aromatic amines is 1. The van der Waals surface area contributed by atoms with E-state index >= 15 is 0 Å². The van der Waals surface area contributed by atoms with Crippen LogP contribution < -0.4 is 10.9 Å². The number of imidazole rings is 1. The number of thiophene rings is 1. The van der Waals surface area contributed by atoms with Gasteiger partial charge in [-0.1, -0.05) is 23.9 Å². The van der Waals surface area contributed by atoms with Crippen molar-refractivity contribution >= 4 is 40.0 Å². The van der Waals surface area contributed by atoms with Crippen molar-refractivity contribution in [1.29, 1.82) is 0 Å². The van der Waals surface area contributed by atoms with Gasteiger partial charge in [0.2, 0.25) is 5.91 Å². The van der Waals surface area contributed by atoms with Gasteiger partial charge < -0.3 is 4.98 Å². The van der Waals surface area contributed by atoms with Crippen LogP contribution in [0.25, 0.3) is 11.0 Å². The van der Waals surface area contributed by atoms with Gasteiger partial charge in [0, 0.05) is 16.3 Å². The van der Waals surface area contributed by atoms with Crippen molar-refractivity contribution in [3.8, 4) is 0 Å². The number of H-pyrrole nitrogens is 1. The summed E-state index contributed by atoms with van der Waals surface area (Å²) in [5.74, 6) is 0.245. The topological polar surface area (TPSA) is 69.8 Å². The second-order valence-electron chi connectivity index (χ2n) is 4.76. The minimum absolute atomic E-state index is 0.0706. The largest absolute Gasteiger partial charge is 0.333 e. The van der Waals surface area contributed by atoms with Crippen molar-refractivity contribution in [3.63, 3.8) is 0 Å². The Balaban J connectivity index is 1.43. The van der Waals surface area contributed by atoms with Gasteiger partial charge in [-0.25, -0.2) is 10.4 Å². The first kappa shape index (κ1) is 15.1. The molecule has 114 valence electrons. The van der Waals surface area contributed by atoms with E-state index in [9.17, 15) is 4.79 Å². The second kappa shape index (κ2) is 6.95. The summed E-state index contributed by atoms with van der Waals surface area (Å²) >= 11 is 3.11. The van der Waals surface area contributed by atoms with E-state index in [1.54, 1.807) is 11.3 Å². The predicted molar refractivity (Wildman–Crippen MR) is 90.9 cm³/mol. The number of hydrogen-bond donors (Lipinski definition) is 3. The van der Waals surface area contributed by atoms with Gasteiger partial charge in [0.05, 0.1) is 16.8 Å². The zero-order valence-corrected chi connectivity index (χ0v) is 13.7. The summed E-state index contributed by atoms with van der Waals surface area (Å²) < 4.78 is 0. The van der Waals surface area contributed by atoms with Crippen LogP contribution in [-0.4, -0.2) is 21.6 Å². The third-order valence-electron chi connectivity index (χ3n) is 2.99. The molecule has 22 heavy (non-hydrogen) atoms. The highest BCUT2D eigenvalue weighted by Gasteiger charge is 2.06. The van der Waals surface area contributed by atoms with Crippen molar-refractivity contribution in [2.45, 2.75) is 18.6 Å². The molecule has 0 aliphatic rings. The molecule has 0 saturated heterocycles. The smallest absolute Gasteiger partial charge is 0.244 e. The zero-order chi connectivity index (χ0) is 15.4. The highest BCUT2D eigenvalue weighted by molar-refractivity contribution is 7.99. The van der Waals surface area contributed by atoms with Crippen molar-refractivity contribution < 1.29 is 4.79 Å². The molecular weight excluding hydrogens is 316 g/mol. The Morgan fingerprint density at radius 3 is 2.95 bits per heavy atom. The molecule has 0 aliphatic carbocycles. The number of hydrazine groups is 1. The summed E-state index contributed by atoms with van der Waals surface area (Å²) in [4.78, 5) is 21.9. The summed E-state index contributed by atoms with van der Waals surface area (Å²) in [6, 6.07) is 11.9. The molecule has 3 aromatic rings. The Hall–Kier alpha value is -1.83. The fourth-order valence-corrected chi connectivity index (χ4v) is 3.49. The maximum Gasteiger partial charge on any atom is 0.244 e. The molecule has 0 saturated carbocycles. The molecule has 2 aromatic heterocycles. The number of nitrogens with one attached hydrogen (secondary N) is 3. The van der Waals surface area contributed by atoms with E-state index in [0.29, 0.717) is 12.3 Å². The Morgan fingerprint density at radius 2 is 2.18 bits per heavy atom. The number of aryl methyl sites for hydroxylation is 1. The van der Waals surface area contributed by atoms with E-state index in [1.165, 1.54) is 21.5 Å². The number of carbonyl (C=O) groups is 1. The molecule has 1 aromatic carbocycles. The van der Waals surface area contributed by atoms with Gasteiger partial charge >= 0.3 is 0 Å². The summed E-state index contributed by atoms with van der Waals surface area (Å²) in [6.07, 6.45) is 0. The summed E-state index contributed by atoms with van der Waals surface area (Å²) in [5, 5.41) is 0.755. The molecule has 0 bridgehead atoms. The molecule has 0 aliphatic heterocycles. The standard InChI is InChI=1S/C15H16N4OS2/c1-10-6-7-11(22-10)8-16-19-14(20)9-21-15-17-12-4-2-3-5-13(12)18-15/h2-7,16H,8-9H2,1H3,(H,17,18)(H,19,20). The van der Waals surface area contributed by atoms with Gasteiger partial charge in [0.1, 0.15) is 0 Å². The molecule has 3 rings (SSSR count). The maximum atomic E-state index is 11.8. The van der Waals surface area contributed by atoms with Gasteiger partial charge in [0.25, 0.3) is 0 Å². The fraction of sp³-hybridized carbons (Fsp3) is 0.200. The van der Waals surface area contributed by atoms with Crippen molar-refractivity contribution in [2.75, 3.05) is 5.75 Å². The van der Waals surface area contributed by atoms with E-state index in [1.807, 2.05) is 24.3 Å². The fourth-order valence-electron chi connectivity index (χ4n) is 1.98. The molecule has 0 atom stereocenters. The average molecular weight is 332 g/mol. The summed E-state index contributed by atoms with van der Waals surface area (Å²) in [6.45, 7) is 2.70. The Morgan fingerprint density at radius 1 is 1.32 bits per heavy atom. The van der Waals surface area contributed by atoms with Crippen LogP contribution >= 0.6 is 23.1 Å². The third-order valence-corrected chi connectivity index (χ3v) is 4.87. The highest BCUT2D eigenvalue weighted by Crippen LogP contribution is 2.18. The monoisotopic (exact) mass is 332 g/mol. The number of para-hydroxylation sites is 2. The third kappa shape index (κ3) is 3.88. The number of nitrogens with zero attached hydrogens (tertiary/aromatic N) is 1. The van der Waals surface area contributed by atoms with Gasteiger partial charge in [-0.15, -0.1) is 11.3 Å². The van der Waals surface area contributed by atoms with Gasteiger partial charge in [-0.3, -0.25) is 10.2 Å². The quantitative estimate of drug-likeness (QED) is 0.479. The lowest BCUT2D eigenvalue weighted by molar-refractivity contribution is -0.119. The van der Waals surface area contributed by atoms with Crippen LogP contribution in [0.15, 0.2) is 41.6 Å². The minimum atomic E-state index is -0.0706. The van der Waals surface area contributed by atoms with Crippen LogP contribution in [-0.2, 0) is 11.3 Å². The zero-order valence-electron chi connectivity index (χ0n) is 12.1. The summed E-state index contributed by atoms with van der Waals surface area (Å²) in [7, 11) is 0. The number of thioether (sulfide) groups is 1. The minimum Gasteiger partial charge on any atom is -0.333 e. The van der Waals surface area contributed by atoms with E-state index in [2.05, 4.69) is 39.9 Å². The Kier molecular flexibility index (Phi) is 4.77. The molecule has 7 heteroatoms. The van der Waals surface area contributed by atoms with Crippen LogP contribution in [0.4, 0.5) is 0 Å². The van der Waals surface area contributed by atoms with Gasteiger partial charge in [-0.05, 0) is 31.2 Å². The lowest BCUT2D eigenvalue weighted by Gasteiger charge is -2.04.